The standard InChI is InChI=1S/C24H29FO/c1-2-26-24-14-11-21-15-20(7-8-22(21)16-24)19-5-3-17(4-6-19)18-9-12-23(25)13-10-18/h3-6,9-10,12-13,20-22,24H,2,7-8,11,14-16H2,1H3. The summed E-state index contributed by atoms with van der Waals surface area (Å²) in [4.78, 5) is 0. The minimum Gasteiger partial charge on any atom is -0.378 e. The zero-order valence-corrected chi connectivity index (χ0v) is 15.7. The van der Waals surface area contributed by atoms with Gasteiger partial charge in [0.25, 0.3) is 0 Å². The molecule has 2 saturated carbocycles. The molecule has 2 fully saturated rings. The van der Waals surface area contributed by atoms with E-state index in [1.807, 2.05) is 12.1 Å². The van der Waals surface area contributed by atoms with E-state index in [9.17, 15) is 4.39 Å². The minimum atomic E-state index is -0.179. The van der Waals surface area contributed by atoms with Crippen LogP contribution in [0.4, 0.5) is 4.39 Å². The van der Waals surface area contributed by atoms with Gasteiger partial charge in [-0.1, -0.05) is 36.4 Å². The number of rotatable bonds is 4. The predicted molar refractivity (Wildman–Crippen MR) is 105 cm³/mol. The summed E-state index contributed by atoms with van der Waals surface area (Å²) in [5.74, 6) is 2.26. The lowest BCUT2D eigenvalue weighted by Gasteiger charge is -2.42. The Balaban J connectivity index is 1.40. The molecule has 0 radical (unpaired) electrons. The topological polar surface area (TPSA) is 9.23 Å². The van der Waals surface area contributed by atoms with E-state index in [0.29, 0.717) is 12.0 Å². The van der Waals surface area contributed by atoms with Crippen LogP contribution in [0.3, 0.4) is 0 Å². The van der Waals surface area contributed by atoms with E-state index >= 15 is 0 Å². The molecule has 2 aliphatic rings. The average molecular weight is 352 g/mol. The van der Waals surface area contributed by atoms with Gasteiger partial charge in [0.15, 0.2) is 0 Å². The van der Waals surface area contributed by atoms with E-state index in [-0.39, 0.29) is 5.82 Å². The first-order valence-electron chi connectivity index (χ1n) is 10.2. The largest absolute Gasteiger partial charge is 0.378 e. The van der Waals surface area contributed by atoms with Gasteiger partial charge in [0.2, 0.25) is 0 Å². The van der Waals surface area contributed by atoms with Crippen LogP contribution in [0.25, 0.3) is 11.1 Å². The molecule has 138 valence electrons. The van der Waals surface area contributed by atoms with Gasteiger partial charge < -0.3 is 4.74 Å². The molecule has 0 heterocycles. The summed E-state index contributed by atoms with van der Waals surface area (Å²) in [6.07, 6.45) is 8.33. The minimum absolute atomic E-state index is 0.179. The first-order valence-corrected chi connectivity index (χ1v) is 10.2. The molecule has 2 aliphatic carbocycles. The first kappa shape index (κ1) is 17.7. The van der Waals surface area contributed by atoms with Gasteiger partial charge in [-0.25, -0.2) is 4.39 Å². The number of benzene rings is 2. The van der Waals surface area contributed by atoms with Gasteiger partial charge in [0.1, 0.15) is 5.82 Å². The molecule has 2 aromatic carbocycles. The van der Waals surface area contributed by atoms with Crippen LogP contribution in [-0.2, 0) is 4.74 Å². The zero-order valence-electron chi connectivity index (χ0n) is 15.7. The van der Waals surface area contributed by atoms with Crippen LogP contribution in [0.5, 0.6) is 0 Å². The van der Waals surface area contributed by atoms with Crippen molar-refractivity contribution in [3.63, 3.8) is 0 Å². The van der Waals surface area contributed by atoms with E-state index in [2.05, 4.69) is 31.2 Å². The number of hydrogen-bond donors (Lipinski definition) is 0. The SMILES string of the molecule is CCOC1CCC2CC(c3ccc(-c4ccc(F)cc4)cc3)CCC2C1. The molecular formula is C24H29FO. The Morgan fingerprint density at radius 1 is 0.808 bits per heavy atom. The van der Waals surface area contributed by atoms with E-state index in [4.69, 9.17) is 4.74 Å². The van der Waals surface area contributed by atoms with Crippen molar-refractivity contribution < 1.29 is 9.13 Å². The number of halogens is 1. The molecule has 0 N–H and O–H groups in total. The Labute approximate surface area is 156 Å². The smallest absolute Gasteiger partial charge is 0.123 e. The second-order valence-corrected chi connectivity index (χ2v) is 8.05. The molecule has 26 heavy (non-hydrogen) atoms. The lowest BCUT2D eigenvalue weighted by Crippen LogP contribution is -2.33. The molecule has 0 aromatic heterocycles. The second kappa shape index (κ2) is 7.92. The van der Waals surface area contributed by atoms with Crippen LogP contribution in [0, 0.1) is 17.7 Å². The fraction of sp³-hybridized carbons (Fsp3) is 0.500. The third-order valence-corrected chi connectivity index (χ3v) is 6.53. The summed E-state index contributed by atoms with van der Waals surface area (Å²) in [5, 5.41) is 0. The fourth-order valence-corrected chi connectivity index (χ4v) is 5.13. The maximum atomic E-state index is 13.1. The van der Waals surface area contributed by atoms with Gasteiger partial charge in [-0.3, -0.25) is 0 Å². The Morgan fingerprint density at radius 3 is 2.12 bits per heavy atom. The van der Waals surface area contributed by atoms with Crippen molar-refractivity contribution in [2.75, 3.05) is 6.61 Å². The highest BCUT2D eigenvalue weighted by Crippen LogP contribution is 2.46. The Hall–Kier alpha value is -1.67. The van der Waals surface area contributed by atoms with Crippen molar-refractivity contribution in [1.29, 1.82) is 0 Å². The van der Waals surface area contributed by atoms with Crippen molar-refractivity contribution >= 4 is 0 Å². The van der Waals surface area contributed by atoms with Crippen molar-refractivity contribution in [1.82, 2.24) is 0 Å². The van der Waals surface area contributed by atoms with Crippen LogP contribution >= 0.6 is 0 Å². The van der Waals surface area contributed by atoms with Gasteiger partial charge in [-0.2, -0.15) is 0 Å². The lowest BCUT2D eigenvalue weighted by atomic mass is 9.65. The van der Waals surface area contributed by atoms with Crippen molar-refractivity contribution in [3.8, 4) is 11.1 Å². The van der Waals surface area contributed by atoms with E-state index in [1.165, 1.54) is 61.8 Å². The zero-order chi connectivity index (χ0) is 17.9. The Kier molecular flexibility index (Phi) is 5.40. The quantitative estimate of drug-likeness (QED) is 0.604. The Bertz CT molecular complexity index is 706. The van der Waals surface area contributed by atoms with Crippen LogP contribution < -0.4 is 0 Å². The number of hydrogen-bond acceptors (Lipinski definition) is 1. The third-order valence-electron chi connectivity index (χ3n) is 6.53. The molecule has 2 aromatic rings. The highest BCUT2D eigenvalue weighted by Gasteiger charge is 2.36. The predicted octanol–water partition coefficient (Wildman–Crippen LogP) is 6.58. The molecule has 2 heteroatoms. The van der Waals surface area contributed by atoms with Gasteiger partial charge in [-0.05, 0) is 92.0 Å². The number of fused-ring (bicyclic) bond motifs is 1. The highest BCUT2D eigenvalue weighted by atomic mass is 19.1. The summed E-state index contributed by atoms with van der Waals surface area (Å²) in [5.41, 5.74) is 3.72. The molecule has 4 unspecified atom stereocenters. The maximum Gasteiger partial charge on any atom is 0.123 e. The van der Waals surface area contributed by atoms with Gasteiger partial charge in [0.05, 0.1) is 6.10 Å². The summed E-state index contributed by atoms with van der Waals surface area (Å²) >= 11 is 0. The summed E-state index contributed by atoms with van der Waals surface area (Å²) in [6, 6.07) is 15.7. The molecule has 1 nitrogen and oxygen atoms in total. The van der Waals surface area contributed by atoms with Crippen molar-refractivity contribution in [2.45, 2.75) is 57.5 Å². The van der Waals surface area contributed by atoms with Gasteiger partial charge >= 0.3 is 0 Å². The molecule has 0 saturated heterocycles. The molecule has 4 rings (SSSR count). The van der Waals surface area contributed by atoms with Crippen LogP contribution in [0.1, 0.15) is 56.9 Å². The van der Waals surface area contributed by atoms with Crippen LogP contribution in [0.2, 0.25) is 0 Å². The van der Waals surface area contributed by atoms with Gasteiger partial charge in [-0.15, -0.1) is 0 Å². The summed E-state index contributed by atoms with van der Waals surface area (Å²) in [6.45, 7) is 2.96. The van der Waals surface area contributed by atoms with E-state index < -0.39 is 0 Å². The van der Waals surface area contributed by atoms with Gasteiger partial charge in [0, 0.05) is 6.61 Å². The molecule has 4 atom stereocenters. The average Bonchev–Trinajstić information content (AvgIpc) is 2.69. The second-order valence-electron chi connectivity index (χ2n) is 8.05. The monoisotopic (exact) mass is 352 g/mol. The van der Waals surface area contributed by atoms with E-state index in [0.717, 1.165) is 24.0 Å². The lowest BCUT2D eigenvalue weighted by molar-refractivity contribution is -0.00955. The van der Waals surface area contributed by atoms with E-state index in [1.54, 1.807) is 0 Å². The molecule has 0 amide bonds. The van der Waals surface area contributed by atoms with Crippen molar-refractivity contribution in [3.05, 3.63) is 59.9 Å². The Morgan fingerprint density at radius 2 is 1.42 bits per heavy atom. The van der Waals surface area contributed by atoms with Crippen LogP contribution in [0.15, 0.2) is 48.5 Å². The molecule has 0 bridgehead atoms. The van der Waals surface area contributed by atoms with Crippen LogP contribution in [-0.4, -0.2) is 12.7 Å². The molecular weight excluding hydrogens is 323 g/mol. The summed E-state index contributed by atoms with van der Waals surface area (Å²) < 4.78 is 19.0. The highest BCUT2D eigenvalue weighted by molar-refractivity contribution is 5.63. The third kappa shape index (κ3) is 3.86. The maximum absolute atomic E-state index is 13.1. The molecule has 0 spiro atoms. The number of ether oxygens (including phenoxy) is 1. The fourth-order valence-electron chi connectivity index (χ4n) is 5.13. The first-order chi connectivity index (χ1) is 12.7. The van der Waals surface area contributed by atoms with Crippen molar-refractivity contribution in [2.24, 2.45) is 11.8 Å². The summed E-state index contributed by atoms with van der Waals surface area (Å²) in [7, 11) is 0. The normalized spacial score (nSPS) is 28.5. The molecule has 0 aliphatic heterocycles.